The van der Waals surface area contributed by atoms with Crippen LogP contribution in [-0.2, 0) is 0 Å². The van der Waals surface area contributed by atoms with E-state index in [1.807, 2.05) is 0 Å². The zero-order chi connectivity index (χ0) is 39.6. The lowest BCUT2D eigenvalue weighted by atomic mass is 9.86. The van der Waals surface area contributed by atoms with Gasteiger partial charge in [0, 0.05) is 0 Å². The average Bonchev–Trinajstić information content (AvgIpc) is 3.13. The van der Waals surface area contributed by atoms with Gasteiger partial charge in [-0.2, -0.15) is 0 Å². The summed E-state index contributed by atoms with van der Waals surface area (Å²) in [6.45, 7) is 0. The van der Waals surface area contributed by atoms with Crippen molar-refractivity contribution in [3.05, 3.63) is 121 Å². The molecule has 0 amide bonds. The summed E-state index contributed by atoms with van der Waals surface area (Å²) < 4.78 is 177. The van der Waals surface area contributed by atoms with Gasteiger partial charge in [-0.1, -0.05) is 103 Å². The van der Waals surface area contributed by atoms with Gasteiger partial charge in [0.25, 0.3) is 0 Å². The van der Waals surface area contributed by atoms with Crippen LogP contribution in [-0.4, -0.2) is 0 Å². The summed E-state index contributed by atoms with van der Waals surface area (Å²) in [5.74, 6) is 0. The Morgan fingerprint density at radius 2 is 0.853 bits per heavy atom. The van der Waals surface area contributed by atoms with Gasteiger partial charge in [-0.15, -0.1) is 0 Å². The Labute approximate surface area is 225 Å². The highest BCUT2D eigenvalue weighted by atomic mass is 14.2. The molecule has 0 spiro atoms. The van der Waals surface area contributed by atoms with Crippen LogP contribution >= 0.6 is 0 Å². The predicted molar refractivity (Wildman–Crippen MR) is 148 cm³/mol. The Hall–Kier alpha value is -4.42. The van der Waals surface area contributed by atoms with E-state index >= 15 is 0 Å². The Kier molecular flexibility index (Phi) is 1.46. The van der Waals surface area contributed by atoms with Gasteiger partial charge in [-0.05, 0) is 93.9 Å². The van der Waals surface area contributed by atoms with Crippen molar-refractivity contribution >= 4 is 64.6 Å². The molecule has 156 valence electrons. The fourth-order valence-electron chi connectivity index (χ4n) is 4.53. The van der Waals surface area contributed by atoms with Crippen LogP contribution in [0.25, 0.3) is 75.8 Å². The molecule has 0 bridgehead atoms. The first kappa shape index (κ1) is 7.55. The quantitative estimate of drug-likeness (QED) is 0.173. The smallest absolute Gasteiger partial charge is 0.0616 e. The fourth-order valence-corrected chi connectivity index (χ4v) is 4.53. The van der Waals surface area contributed by atoms with Crippen molar-refractivity contribution in [2.24, 2.45) is 0 Å². The van der Waals surface area contributed by atoms with Crippen LogP contribution in [0.1, 0.15) is 27.4 Å². The third kappa shape index (κ3) is 2.37. The maximum Gasteiger partial charge on any atom is 0.0636 e. The summed E-state index contributed by atoms with van der Waals surface area (Å²) in [6.07, 6.45) is 0. The van der Waals surface area contributed by atoms with Gasteiger partial charge in [0.1, 0.15) is 0 Å². The molecule has 0 N–H and O–H groups in total. The largest absolute Gasteiger partial charge is 0.0636 e. The molecule has 0 atom stereocenters. The Balaban J connectivity index is 1.83. The molecule has 0 aliphatic carbocycles. The second kappa shape index (κ2) is 6.56. The summed E-state index contributed by atoms with van der Waals surface area (Å²) >= 11 is 0. The molecule has 0 fully saturated rings. The van der Waals surface area contributed by atoms with E-state index in [1.165, 1.54) is 0 Å². The van der Waals surface area contributed by atoms with Gasteiger partial charge >= 0.3 is 0 Å². The number of benzene rings is 8. The van der Waals surface area contributed by atoms with Crippen molar-refractivity contribution in [3.8, 4) is 11.1 Å². The Bertz CT molecular complexity index is 3060. The van der Waals surface area contributed by atoms with Crippen molar-refractivity contribution in [2.75, 3.05) is 0 Å². The molecule has 34 heavy (non-hydrogen) atoms. The van der Waals surface area contributed by atoms with E-state index in [0.717, 1.165) is 0 Å². The van der Waals surface area contributed by atoms with Gasteiger partial charge in [0.15, 0.2) is 0 Å². The topological polar surface area (TPSA) is 0 Å². The van der Waals surface area contributed by atoms with Crippen molar-refractivity contribution in [1.82, 2.24) is 0 Å². The minimum absolute atomic E-state index is 0.174. The minimum atomic E-state index is -0.820. The summed E-state index contributed by atoms with van der Waals surface area (Å²) in [5, 5.41) is -4.78. The zero-order valence-corrected chi connectivity index (χ0v) is 17.0. The minimum Gasteiger partial charge on any atom is -0.0616 e. The van der Waals surface area contributed by atoms with Crippen LogP contribution in [0.15, 0.2) is 121 Å². The Morgan fingerprint density at radius 1 is 0.353 bits per heavy atom. The second-order valence-electron chi connectivity index (χ2n) is 7.75. The standard InChI is InChI=1S/C34H20/c1-3-10-29-21(6-1)12-15-27-18-24-7-2-4-11-30(24)34(33(27)29)28-19-25-16-13-22-8-5-9-23-14-17-26(20-28)32(25)31(22)23/h1-20H/i1D,2D,3D,4D,5D,6D,7D,8D,9D,10D,11D,12D,13D,14D,15D,16D,17D,18D,19D,20D. The van der Waals surface area contributed by atoms with Crippen molar-refractivity contribution < 1.29 is 27.4 Å². The highest BCUT2D eigenvalue weighted by molar-refractivity contribution is 6.26. The predicted octanol–water partition coefficient (Wildman–Crippen LogP) is 9.71. The number of fused-ring (bicyclic) bond motifs is 4. The van der Waals surface area contributed by atoms with Crippen molar-refractivity contribution in [3.63, 3.8) is 0 Å². The average molecular weight is 449 g/mol. The molecule has 0 aromatic heterocycles. The third-order valence-corrected chi connectivity index (χ3v) is 5.94. The van der Waals surface area contributed by atoms with E-state index < -0.39 is 175 Å². The van der Waals surface area contributed by atoms with E-state index in [0.29, 0.717) is 0 Å². The van der Waals surface area contributed by atoms with Crippen molar-refractivity contribution in [1.29, 1.82) is 0 Å². The van der Waals surface area contributed by atoms with Gasteiger partial charge in [0.05, 0.1) is 27.4 Å². The molecule has 0 nitrogen and oxygen atoms in total. The first-order valence-corrected chi connectivity index (χ1v) is 10.2. The van der Waals surface area contributed by atoms with E-state index in [-0.39, 0.29) is 21.5 Å². The van der Waals surface area contributed by atoms with Crippen molar-refractivity contribution in [2.45, 2.75) is 0 Å². The molecule has 0 radical (unpaired) electrons. The van der Waals surface area contributed by atoms with E-state index in [9.17, 15) is 4.11 Å². The molecule has 0 unspecified atom stereocenters. The number of rotatable bonds is 1. The summed E-state index contributed by atoms with van der Waals surface area (Å²) in [4.78, 5) is 0. The maximum atomic E-state index is 9.64. The molecule has 0 saturated heterocycles. The molecule has 0 saturated carbocycles. The van der Waals surface area contributed by atoms with E-state index in [4.69, 9.17) is 23.3 Å². The molecule has 8 aromatic carbocycles. The van der Waals surface area contributed by atoms with E-state index in [1.54, 1.807) is 0 Å². The second-order valence-corrected chi connectivity index (χ2v) is 7.75. The molecule has 0 aliphatic heterocycles. The van der Waals surface area contributed by atoms with Crippen LogP contribution in [0.4, 0.5) is 0 Å². The lowest BCUT2D eigenvalue weighted by molar-refractivity contribution is 1.73. The normalized spacial score (nSPS) is 20.4. The molecule has 0 heterocycles. The van der Waals surface area contributed by atoms with Crippen LogP contribution < -0.4 is 0 Å². The molecular formula is C34H20. The third-order valence-electron chi connectivity index (χ3n) is 5.94. The number of hydrogen-bond acceptors (Lipinski definition) is 0. The molecule has 8 aromatic rings. The first-order chi connectivity index (χ1) is 25.2. The van der Waals surface area contributed by atoms with Gasteiger partial charge in [-0.25, -0.2) is 0 Å². The van der Waals surface area contributed by atoms with Crippen LogP contribution in [0.2, 0.25) is 0 Å². The van der Waals surface area contributed by atoms with Gasteiger partial charge in [-0.3, -0.25) is 0 Å². The maximum absolute atomic E-state index is 9.64. The summed E-state index contributed by atoms with van der Waals surface area (Å²) in [5.41, 5.74) is -1.09. The van der Waals surface area contributed by atoms with E-state index in [2.05, 4.69) is 0 Å². The fraction of sp³-hybridized carbons (Fsp3) is 0. The lowest BCUT2D eigenvalue weighted by Crippen LogP contribution is -1.89. The Morgan fingerprint density at radius 3 is 1.59 bits per heavy atom. The van der Waals surface area contributed by atoms with Gasteiger partial charge in [0.2, 0.25) is 0 Å². The van der Waals surface area contributed by atoms with Crippen LogP contribution in [0.5, 0.6) is 0 Å². The van der Waals surface area contributed by atoms with Gasteiger partial charge < -0.3 is 0 Å². The molecule has 0 aliphatic rings. The first-order valence-electron chi connectivity index (χ1n) is 20.2. The SMILES string of the molecule is [2H]c1c([2H])c([2H])c2c(-c3c([2H])c4c([2H])c([2H])c5c([2H])c([2H])c([2H])c6c([2H])c([2H])c(c3[2H])c4c56)c3c(c([2H])c([2H])c4c([2H])c([2H])c([2H])c([2H])c43)c([2H])c2c1[2H]. The molecular weight excluding hydrogens is 408 g/mol. The van der Waals surface area contributed by atoms with Crippen LogP contribution in [0, 0.1) is 0 Å². The highest BCUT2D eigenvalue weighted by Gasteiger charge is 2.15. The molecule has 8 rings (SSSR count). The summed E-state index contributed by atoms with van der Waals surface area (Å²) in [7, 11) is 0. The summed E-state index contributed by atoms with van der Waals surface area (Å²) in [6, 6.07) is -14.6. The number of hydrogen-bond donors (Lipinski definition) is 0. The molecule has 0 heteroatoms. The lowest BCUT2D eigenvalue weighted by Gasteiger charge is -2.17. The monoisotopic (exact) mass is 448 g/mol. The van der Waals surface area contributed by atoms with Crippen LogP contribution in [0.3, 0.4) is 0 Å². The highest BCUT2D eigenvalue weighted by Crippen LogP contribution is 2.43. The zero-order valence-electron chi connectivity index (χ0n) is 37.0.